The highest BCUT2D eigenvalue weighted by Gasteiger charge is 2.26. The minimum Gasteiger partial charge on any atom is -0.496 e. The van der Waals surface area contributed by atoms with Crippen LogP contribution in [0.4, 0.5) is 0 Å². The van der Waals surface area contributed by atoms with Gasteiger partial charge in [-0.2, -0.15) is 0 Å². The van der Waals surface area contributed by atoms with Crippen molar-refractivity contribution < 1.29 is 19.7 Å². The van der Waals surface area contributed by atoms with Crippen LogP contribution in [0.5, 0.6) is 5.75 Å². The smallest absolute Gasteiger partial charge is 0.323 e. The second kappa shape index (κ2) is 5.16. The van der Waals surface area contributed by atoms with Gasteiger partial charge in [0.25, 0.3) is 0 Å². The normalized spacial score (nSPS) is 14.2. The molecule has 0 aromatic heterocycles. The molecule has 0 spiro atoms. The summed E-state index contributed by atoms with van der Waals surface area (Å²) in [7, 11) is 1.41. The molecule has 0 amide bonds. The number of halogens is 1. The molecule has 0 aliphatic carbocycles. The molecule has 16 heavy (non-hydrogen) atoms. The predicted molar refractivity (Wildman–Crippen MR) is 58.6 cm³/mol. The first-order valence-electron chi connectivity index (χ1n) is 4.47. The number of ether oxygens (including phenoxy) is 1. The quantitative estimate of drug-likeness (QED) is 0.729. The maximum atomic E-state index is 10.6. The summed E-state index contributed by atoms with van der Waals surface area (Å²) in [4.78, 5) is 10.6. The van der Waals surface area contributed by atoms with Crippen molar-refractivity contribution in [3.63, 3.8) is 0 Å². The maximum Gasteiger partial charge on any atom is 0.323 e. The van der Waals surface area contributed by atoms with E-state index in [1.165, 1.54) is 19.2 Å². The average molecular weight is 246 g/mol. The molecular weight excluding hydrogens is 234 g/mol. The number of benzene rings is 1. The fraction of sp³-hybridized carbons (Fsp3) is 0.300. The van der Waals surface area contributed by atoms with Gasteiger partial charge in [0.2, 0.25) is 0 Å². The van der Waals surface area contributed by atoms with Crippen molar-refractivity contribution in [2.24, 2.45) is 5.73 Å². The van der Waals surface area contributed by atoms with Crippen LogP contribution >= 0.6 is 11.6 Å². The lowest BCUT2D eigenvalue weighted by Crippen LogP contribution is -2.36. The third-order valence-electron chi connectivity index (χ3n) is 2.14. The van der Waals surface area contributed by atoms with E-state index in [1.54, 1.807) is 6.07 Å². The van der Waals surface area contributed by atoms with Gasteiger partial charge in [0, 0.05) is 10.6 Å². The number of methoxy groups -OCH3 is 1. The zero-order valence-electron chi connectivity index (χ0n) is 8.55. The monoisotopic (exact) mass is 245 g/mol. The molecule has 1 rings (SSSR count). The van der Waals surface area contributed by atoms with Gasteiger partial charge in [0.15, 0.2) is 0 Å². The molecule has 0 aliphatic heterocycles. The Morgan fingerprint density at radius 2 is 2.19 bits per heavy atom. The fourth-order valence-corrected chi connectivity index (χ4v) is 1.45. The number of hydrogen-bond donors (Lipinski definition) is 3. The van der Waals surface area contributed by atoms with E-state index in [1.807, 2.05) is 0 Å². The van der Waals surface area contributed by atoms with Crippen LogP contribution < -0.4 is 10.5 Å². The number of rotatable bonds is 4. The Labute approximate surface area is 97.4 Å². The topological polar surface area (TPSA) is 92.8 Å². The van der Waals surface area contributed by atoms with Crippen LogP contribution in [0.15, 0.2) is 18.2 Å². The summed E-state index contributed by atoms with van der Waals surface area (Å²) in [5.41, 5.74) is 5.57. The lowest BCUT2D eigenvalue weighted by atomic mass is 10.0. The lowest BCUT2D eigenvalue weighted by molar-refractivity contribution is -0.141. The van der Waals surface area contributed by atoms with Crippen molar-refractivity contribution in [3.05, 3.63) is 28.8 Å². The summed E-state index contributed by atoms with van der Waals surface area (Å²) in [6.07, 6.45) is -1.37. The summed E-state index contributed by atoms with van der Waals surface area (Å²) in [6.45, 7) is 0. The van der Waals surface area contributed by atoms with Gasteiger partial charge in [-0.15, -0.1) is 0 Å². The predicted octanol–water partition coefficient (Wildman–Crippen LogP) is 0.794. The molecule has 0 radical (unpaired) electrons. The van der Waals surface area contributed by atoms with Crippen LogP contribution in [0.2, 0.25) is 5.02 Å². The van der Waals surface area contributed by atoms with Crippen LogP contribution in [0.3, 0.4) is 0 Å². The molecule has 0 aliphatic rings. The molecular formula is C10H12ClNO4. The molecule has 0 saturated carbocycles. The van der Waals surface area contributed by atoms with Gasteiger partial charge in [-0.25, -0.2) is 0 Å². The van der Waals surface area contributed by atoms with Gasteiger partial charge in [-0.1, -0.05) is 11.6 Å². The van der Waals surface area contributed by atoms with E-state index in [4.69, 9.17) is 27.2 Å². The Morgan fingerprint density at radius 1 is 1.56 bits per heavy atom. The number of aliphatic hydroxyl groups excluding tert-OH is 1. The molecule has 1 aromatic rings. The highest BCUT2D eigenvalue weighted by atomic mass is 35.5. The summed E-state index contributed by atoms with van der Waals surface area (Å²) in [5, 5.41) is 18.8. The molecule has 88 valence electrons. The van der Waals surface area contributed by atoms with Gasteiger partial charge in [-0.05, 0) is 18.2 Å². The summed E-state index contributed by atoms with van der Waals surface area (Å²) in [5.74, 6) is -0.955. The van der Waals surface area contributed by atoms with Crippen LogP contribution in [-0.2, 0) is 4.79 Å². The highest BCUT2D eigenvalue weighted by Crippen LogP contribution is 2.29. The summed E-state index contributed by atoms with van der Waals surface area (Å²) >= 11 is 5.75. The zero-order valence-corrected chi connectivity index (χ0v) is 9.31. The summed E-state index contributed by atoms with van der Waals surface area (Å²) in [6, 6.07) is 3.11. The summed E-state index contributed by atoms with van der Waals surface area (Å²) < 4.78 is 4.98. The van der Waals surface area contributed by atoms with Gasteiger partial charge in [0.05, 0.1) is 7.11 Å². The first-order valence-corrected chi connectivity index (χ1v) is 4.85. The SMILES string of the molecule is COc1ccc(Cl)cc1C(O)C(N)C(=O)O. The lowest BCUT2D eigenvalue weighted by Gasteiger charge is -2.18. The fourth-order valence-electron chi connectivity index (χ4n) is 1.26. The number of hydrogen-bond acceptors (Lipinski definition) is 4. The number of aliphatic carboxylic acids is 1. The van der Waals surface area contributed by atoms with E-state index in [0.717, 1.165) is 0 Å². The number of carboxylic acids is 1. The van der Waals surface area contributed by atoms with E-state index in [9.17, 15) is 9.90 Å². The molecule has 2 unspecified atom stereocenters. The van der Waals surface area contributed by atoms with Gasteiger partial charge >= 0.3 is 5.97 Å². The third kappa shape index (κ3) is 2.63. The molecule has 2 atom stereocenters. The Hall–Kier alpha value is -1.30. The number of carboxylic acid groups (broad SMARTS) is 1. The molecule has 0 heterocycles. The van der Waals surface area contributed by atoms with Crippen LogP contribution in [0, 0.1) is 0 Å². The largest absolute Gasteiger partial charge is 0.496 e. The van der Waals surface area contributed by atoms with Crippen molar-refractivity contribution in [3.8, 4) is 5.75 Å². The van der Waals surface area contributed by atoms with Crippen LogP contribution in [-0.4, -0.2) is 29.3 Å². The molecule has 0 bridgehead atoms. The Balaban J connectivity index is 3.10. The average Bonchev–Trinajstić information content (AvgIpc) is 2.26. The molecule has 4 N–H and O–H groups in total. The van der Waals surface area contributed by atoms with Gasteiger partial charge in [-0.3, -0.25) is 4.79 Å². The number of nitrogens with two attached hydrogens (primary N) is 1. The van der Waals surface area contributed by atoms with Crippen LogP contribution in [0.25, 0.3) is 0 Å². The molecule has 5 nitrogen and oxygen atoms in total. The van der Waals surface area contributed by atoms with E-state index in [0.29, 0.717) is 10.8 Å². The highest BCUT2D eigenvalue weighted by molar-refractivity contribution is 6.30. The van der Waals surface area contributed by atoms with Crippen molar-refractivity contribution in [2.75, 3.05) is 7.11 Å². The van der Waals surface area contributed by atoms with Crippen molar-refractivity contribution in [1.29, 1.82) is 0 Å². The Kier molecular flexibility index (Phi) is 4.12. The Bertz CT molecular complexity index is 396. The second-order valence-corrected chi connectivity index (χ2v) is 3.63. The maximum absolute atomic E-state index is 10.6. The van der Waals surface area contributed by atoms with Crippen LogP contribution in [0.1, 0.15) is 11.7 Å². The third-order valence-corrected chi connectivity index (χ3v) is 2.37. The minimum absolute atomic E-state index is 0.255. The van der Waals surface area contributed by atoms with Gasteiger partial charge < -0.3 is 20.7 Å². The van der Waals surface area contributed by atoms with Crippen molar-refractivity contribution >= 4 is 17.6 Å². The van der Waals surface area contributed by atoms with E-state index in [2.05, 4.69) is 0 Å². The molecule has 6 heteroatoms. The van der Waals surface area contributed by atoms with Crippen molar-refractivity contribution in [2.45, 2.75) is 12.1 Å². The number of aliphatic hydroxyl groups is 1. The first kappa shape index (κ1) is 12.8. The molecule has 0 fully saturated rings. The first-order chi connectivity index (χ1) is 7.47. The molecule has 1 aromatic carbocycles. The van der Waals surface area contributed by atoms with E-state index in [-0.39, 0.29) is 5.56 Å². The second-order valence-electron chi connectivity index (χ2n) is 3.20. The van der Waals surface area contributed by atoms with E-state index < -0.39 is 18.1 Å². The minimum atomic E-state index is -1.42. The van der Waals surface area contributed by atoms with E-state index >= 15 is 0 Å². The standard InChI is InChI=1S/C10H12ClNO4/c1-16-7-3-2-5(11)4-6(7)9(13)8(12)10(14)15/h2-4,8-9,13H,12H2,1H3,(H,14,15). The number of carbonyl (C=O) groups is 1. The van der Waals surface area contributed by atoms with Gasteiger partial charge in [0.1, 0.15) is 17.9 Å². The Morgan fingerprint density at radius 3 is 2.69 bits per heavy atom. The zero-order chi connectivity index (χ0) is 12.3. The van der Waals surface area contributed by atoms with Crippen molar-refractivity contribution in [1.82, 2.24) is 0 Å². The molecule has 0 saturated heterocycles.